The molecule has 0 amide bonds. The van der Waals surface area contributed by atoms with Crippen molar-refractivity contribution in [2.45, 2.75) is 32.7 Å². The van der Waals surface area contributed by atoms with E-state index in [1.165, 1.54) is 30.6 Å². The minimum atomic E-state index is -4.81. The van der Waals surface area contributed by atoms with Crippen LogP contribution in [-0.2, 0) is 16.1 Å². The molecule has 0 spiro atoms. The van der Waals surface area contributed by atoms with Crippen molar-refractivity contribution in [3.63, 3.8) is 0 Å². The minimum Gasteiger partial charge on any atom is -0.488 e. The third kappa shape index (κ3) is 5.78. The van der Waals surface area contributed by atoms with Gasteiger partial charge in [0.15, 0.2) is 5.13 Å². The standard InChI is InChI=1S/C27H26BrF3N2O4S/c1-15-3-8-22(36-13-18-6-7-19(28)10-23(18)37-27(29,30)31)20(9-15)21-14-38-26(32-21)33-11-16-4-5-17(12-33)24(16)25(34)35-2/h3,6-10,14,16-17,24H,4-5,11-13H2,1-2H3. The van der Waals surface area contributed by atoms with Gasteiger partial charge in [-0.1, -0.05) is 33.6 Å². The summed E-state index contributed by atoms with van der Waals surface area (Å²) in [6.07, 6.45) is -2.80. The van der Waals surface area contributed by atoms with E-state index in [1.807, 2.05) is 24.4 Å². The van der Waals surface area contributed by atoms with E-state index in [0.717, 1.165) is 47.9 Å². The molecule has 1 aliphatic heterocycles. The van der Waals surface area contributed by atoms with Crippen molar-refractivity contribution in [2.24, 2.45) is 17.8 Å². The number of piperidine rings is 1. The van der Waals surface area contributed by atoms with Gasteiger partial charge in [0.05, 0.1) is 18.7 Å². The summed E-state index contributed by atoms with van der Waals surface area (Å²) < 4.78 is 54.5. The Morgan fingerprint density at radius 1 is 1.13 bits per heavy atom. The molecule has 38 heavy (non-hydrogen) atoms. The lowest BCUT2D eigenvalue weighted by molar-refractivity contribution is -0.275. The summed E-state index contributed by atoms with van der Waals surface area (Å²) in [4.78, 5) is 19.4. The summed E-state index contributed by atoms with van der Waals surface area (Å²) in [5, 5.41) is 2.84. The average Bonchev–Trinajstić information content (AvgIpc) is 3.45. The number of alkyl halides is 3. The molecule has 2 unspecified atom stereocenters. The Balaban J connectivity index is 1.35. The summed E-state index contributed by atoms with van der Waals surface area (Å²) in [6.45, 7) is 3.36. The average molecular weight is 611 g/mol. The lowest BCUT2D eigenvalue weighted by atomic mass is 9.85. The molecule has 2 bridgehead atoms. The van der Waals surface area contributed by atoms with E-state index in [1.54, 1.807) is 12.1 Å². The maximum absolute atomic E-state index is 12.9. The molecule has 0 N–H and O–H groups in total. The Morgan fingerprint density at radius 2 is 1.87 bits per heavy atom. The zero-order valence-corrected chi connectivity index (χ0v) is 23.2. The van der Waals surface area contributed by atoms with Gasteiger partial charge in [0, 0.05) is 34.1 Å². The van der Waals surface area contributed by atoms with Crippen LogP contribution >= 0.6 is 27.3 Å². The maximum atomic E-state index is 12.9. The fraction of sp³-hybridized carbons (Fsp3) is 0.407. The van der Waals surface area contributed by atoms with Crippen molar-refractivity contribution in [3.05, 3.63) is 57.4 Å². The van der Waals surface area contributed by atoms with Gasteiger partial charge in [-0.3, -0.25) is 4.79 Å². The number of thiazole rings is 1. The molecule has 1 aromatic heterocycles. The number of benzene rings is 2. The number of aryl methyl sites for hydroxylation is 1. The van der Waals surface area contributed by atoms with Crippen LogP contribution in [0.2, 0.25) is 0 Å². The van der Waals surface area contributed by atoms with E-state index in [-0.39, 0.29) is 41.6 Å². The van der Waals surface area contributed by atoms with Crippen LogP contribution in [0.4, 0.5) is 18.3 Å². The highest BCUT2D eigenvalue weighted by atomic mass is 79.9. The Bertz CT molecular complexity index is 1320. The highest BCUT2D eigenvalue weighted by molar-refractivity contribution is 9.10. The van der Waals surface area contributed by atoms with Crippen LogP contribution in [0.3, 0.4) is 0 Å². The van der Waals surface area contributed by atoms with E-state index in [4.69, 9.17) is 14.5 Å². The smallest absolute Gasteiger partial charge is 0.488 e. The van der Waals surface area contributed by atoms with Gasteiger partial charge in [-0.15, -0.1) is 24.5 Å². The Kier molecular flexibility index (Phi) is 7.59. The largest absolute Gasteiger partial charge is 0.573 e. The molecular weight excluding hydrogens is 585 g/mol. The van der Waals surface area contributed by atoms with Gasteiger partial charge >= 0.3 is 12.3 Å². The molecule has 2 atom stereocenters. The normalized spacial score (nSPS) is 20.9. The Morgan fingerprint density at radius 3 is 2.55 bits per heavy atom. The summed E-state index contributed by atoms with van der Waals surface area (Å²) in [5.41, 5.74) is 2.76. The second kappa shape index (κ2) is 10.8. The van der Waals surface area contributed by atoms with Crippen LogP contribution in [0.15, 0.2) is 46.3 Å². The SMILES string of the molecule is COC(=O)C1C2CCC1CN(c1nc(-c3cc(C)ccc3OCc3ccc(Br)cc3OC(F)(F)F)cs1)C2. The number of rotatable bonds is 7. The lowest BCUT2D eigenvalue weighted by Crippen LogP contribution is -2.45. The van der Waals surface area contributed by atoms with Gasteiger partial charge in [0.25, 0.3) is 0 Å². The number of carbonyl (C=O) groups excluding carboxylic acids is 1. The van der Waals surface area contributed by atoms with Gasteiger partial charge in [0.1, 0.15) is 18.1 Å². The van der Waals surface area contributed by atoms with Crippen LogP contribution in [0, 0.1) is 24.7 Å². The molecule has 5 rings (SSSR count). The first-order chi connectivity index (χ1) is 18.1. The summed E-state index contributed by atoms with van der Waals surface area (Å²) in [6, 6.07) is 10.1. The van der Waals surface area contributed by atoms with Gasteiger partial charge in [-0.05, 0) is 55.9 Å². The number of hydrogen-bond acceptors (Lipinski definition) is 7. The molecule has 2 aliphatic rings. The predicted octanol–water partition coefficient (Wildman–Crippen LogP) is 6.99. The van der Waals surface area contributed by atoms with Gasteiger partial charge in [-0.2, -0.15) is 0 Å². The number of fused-ring (bicyclic) bond motifs is 2. The Hall–Kier alpha value is -2.79. The third-order valence-electron chi connectivity index (χ3n) is 7.12. The number of halogens is 4. The van der Waals surface area contributed by atoms with Crippen molar-refractivity contribution in [3.8, 4) is 22.8 Å². The van der Waals surface area contributed by atoms with Crippen LogP contribution in [0.25, 0.3) is 11.3 Å². The van der Waals surface area contributed by atoms with E-state index in [0.29, 0.717) is 10.2 Å². The molecule has 202 valence electrons. The number of ether oxygens (including phenoxy) is 3. The summed E-state index contributed by atoms with van der Waals surface area (Å²) in [7, 11) is 1.45. The molecule has 2 heterocycles. The minimum absolute atomic E-state index is 0.0442. The fourth-order valence-electron chi connectivity index (χ4n) is 5.43. The zero-order chi connectivity index (χ0) is 27.0. The predicted molar refractivity (Wildman–Crippen MR) is 141 cm³/mol. The number of methoxy groups -OCH3 is 1. The van der Waals surface area contributed by atoms with Gasteiger partial charge in [0.2, 0.25) is 0 Å². The molecule has 0 radical (unpaired) electrons. The van der Waals surface area contributed by atoms with Crippen LogP contribution < -0.4 is 14.4 Å². The van der Waals surface area contributed by atoms with Gasteiger partial charge < -0.3 is 19.1 Å². The molecule has 6 nitrogen and oxygen atoms in total. The first-order valence-corrected chi connectivity index (χ1v) is 13.8. The summed E-state index contributed by atoms with van der Waals surface area (Å²) >= 11 is 4.72. The summed E-state index contributed by atoms with van der Waals surface area (Å²) in [5.74, 6) is 0.542. The van der Waals surface area contributed by atoms with Gasteiger partial charge in [-0.25, -0.2) is 4.98 Å². The first-order valence-electron chi connectivity index (χ1n) is 12.2. The molecule has 2 fully saturated rings. The molecule has 3 aromatic rings. The topological polar surface area (TPSA) is 60.9 Å². The molecule has 1 saturated carbocycles. The third-order valence-corrected chi connectivity index (χ3v) is 8.51. The number of hydrogen-bond donors (Lipinski definition) is 0. The molecular formula is C27H26BrF3N2O4S. The molecule has 1 saturated heterocycles. The second-order valence-electron chi connectivity index (χ2n) is 9.65. The second-order valence-corrected chi connectivity index (χ2v) is 11.4. The highest BCUT2D eigenvalue weighted by Crippen LogP contribution is 2.45. The van der Waals surface area contributed by atoms with Crippen LogP contribution in [-0.4, -0.2) is 37.5 Å². The molecule has 1 aliphatic carbocycles. The monoisotopic (exact) mass is 610 g/mol. The Labute approximate surface area is 230 Å². The van der Waals surface area contributed by atoms with Crippen molar-refractivity contribution >= 4 is 38.4 Å². The maximum Gasteiger partial charge on any atom is 0.573 e. The number of nitrogens with zero attached hydrogens (tertiary/aromatic N) is 2. The highest BCUT2D eigenvalue weighted by Gasteiger charge is 2.47. The van der Waals surface area contributed by atoms with Crippen molar-refractivity contribution < 1.29 is 32.2 Å². The number of aromatic nitrogens is 1. The van der Waals surface area contributed by atoms with E-state index < -0.39 is 6.36 Å². The lowest BCUT2D eigenvalue weighted by Gasteiger charge is -2.36. The van der Waals surface area contributed by atoms with Crippen LogP contribution in [0.5, 0.6) is 11.5 Å². The number of carbonyl (C=O) groups is 1. The van der Waals surface area contributed by atoms with E-state index in [2.05, 4.69) is 25.6 Å². The zero-order valence-electron chi connectivity index (χ0n) is 20.8. The molecule has 11 heteroatoms. The van der Waals surface area contributed by atoms with Crippen molar-refractivity contribution in [1.82, 2.24) is 4.98 Å². The van der Waals surface area contributed by atoms with Crippen molar-refractivity contribution in [1.29, 1.82) is 0 Å². The van der Waals surface area contributed by atoms with E-state index in [9.17, 15) is 18.0 Å². The fourth-order valence-corrected chi connectivity index (χ4v) is 6.61. The van der Waals surface area contributed by atoms with E-state index >= 15 is 0 Å². The van der Waals surface area contributed by atoms with Crippen LogP contribution in [0.1, 0.15) is 24.0 Å². The molecule has 2 aromatic carbocycles. The first kappa shape index (κ1) is 26.8. The number of anilines is 1. The number of esters is 1. The quantitative estimate of drug-likeness (QED) is 0.269. The van der Waals surface area contributed by atoms with Crippen molar-refractivity contribution in [2.75, 3.05) is 25.1 Å².